The molecule has 0 spiro atoms. The minimum atomic E-state index is -3.82. The largest absolute Gasteiger partial charge is 0.484 e. The van der Waals surface area contributed by atoms with Crippen LogP contribution in [0.3, 0.4) is 0 Å². The molecule has 0 saturated heterocycles. The van der Waals surface area contributed by atoms with E-state index in [4.69, 9.17) is 4.74 Å². The number of nitrogens with one attached hydrogen (secondary N) is 2. The maximum absolute atomic E-state index is 12.1. The van der Waals surface area contributed by atoms with Gasteiger partial charge in [-0.3, -0.25) is 10.2 Å². The van der Waals surface area contributed by atoms with Gasteiger partial charge in [-0.25, -0.2) is 8.42 Å². The molecule has 0 aromatic heterocycles. The SMILES string of the molecule is Cc1ccc(OCC(=O)NNS(=O)(=O)c2ccc(C)c(C)c2)cc1. The van der Waals surface area contributed by atoms with Crippen molar-refractivity contribution in [1.29, 1.82) is 0 Å². The zero-order valence-electron chi connectivity index (χ0n) is 13.8. The van der Waals surface area contributed by atoms with Gasteiger partial charge in [0.1, 0.15) is 5.75 Å². The lowest BCUT2D eigenvalue weighted by molar-refractivity contribution is -0.123. The predicted molar refractivity (Wildman–Crippen MR) is 91.1 cm³/mol. The average molecular weight is 348 g/mol. The lowest BCUT2D eigenvalue weighted by Crippen LogP contribution is -2.43. The van der Waals surface area contributed by atoms with Crippen LogP contribution in [-0.2, 0) is 14.8 Å². The second-order valence-corrected chi connectivity index (χ2v) is 7.18. The Balaban J connectivity index is 1.90. The summed E-state index contributed by atoms with van der Waals surface area (Å²) in [6.07, 6.45) is 0. The van der Waals surface area contributed by atoms with Crippen molar-refractivity contribution in [2.75, 3.05) is 6.61 Å². The molecular formula is C17H20N2O4S. The Morgan fingerprint density at radius 3 is 2.29 bits per heavy atom. The molecule has 0 bridgehead atoms. The second-order valence-electron chi connectivity index (χ2n) is 5.50. The molecular weight excluding hydrogens is 328 g/mol. The summed E-state index contributed by atoms with van der Waals surface area (Å²) in [7, 11) is -3.82. The molecule has 0 atom stereocenters. The van der Waals surface area contributed by atoms with Crippen molar-refractivity contribution in [3.8, 4) is 5.75 Å². The highest BCUT2D eigenvalue weighted by Crippen LogP contribution is 2.14. The van der Waals surface area contributed by atoms with E-state index in [2.05, 4.69) is 10.3 Å². The smallest absolute Gasteiger partial charge is 0.272 e. The number of benzene rings is 2. The molecule has 2 rings (SSSR count). The third kappa shape index (κ3) is 4.81. The predicted octanol–water partition coefficient (Wildman–Crippen LogP) is 2.00. The molecule has 0 heterocycles. The van der Waals surface area contributed by atoms with Crippen molar-refractivity contribution in [2.24, 2.45) is 0 Å². The Morgan fingerprint density at radius 1 is 1.00 bits per heavy atom. The maximum Gasteiger partial charge on any atom is 0.272 e. The van der Waals surface area contributed by atoms with Gasteiger partial charge in [-0.2, -0.15) is 0 Å². The van der Waals surface area contributed by atoms with E-state index in [1.54, 1.807) is 24.3 Å². The molecule has 2 aromatic carbocycles. The van der Waals surface area contributed by atoms with Gasteiger partial charge < -0.3 is 4.74 Å². The quantitative estimate of drug-likeness (QED) is 0.782. The number of aryl methyl sites for hydroxylation is 3. The van der Waals surface area contributed by atoms with Gasteiger partial charge in [0.25, 0.3) is 15.9 Å². The fraction of sp³-hybridized carbons (Fsp3) is 0.235. The molecule has 0 radical (unpaired) electrons. The summed E-state index contributed by atoms with van der Waals surface area (Å²) < 4.78 is 29.6. The van der Waals surface area contributed by atoms with Gasteiger partial charge in [0.15, 0.2) is 6.61 Å². The molecule has 6 nitrogen and oxygen atoms in total. The summed E-state index contributed by atoms with van der Waals surface area (Å²) in [6, 6.07) is 11.9. The summed E-state index contributed by atoms with van der Waals surface area (Å²) in [5.74, 6) is -0.0595. The Hall–Kier alpha value is -2.38. The zero-order chi connectivity index (χ0) is 17.7. The Labute approximate surface area is 141 Å². The van der Waals surface area contributed by atoms with Gasteiger partial charge in [0.05, 0.1) is 4.90 Å². The van der Waals surface area contributed by atoms with Crippen LogP contribution in [0.15, 0.2) is 47.4 Å². The lowest BCUT2D eigenvalue weighted by atomic mass is 10.1. The van der Waals surface area contributed by atoms with E-state index in [0.29, 0.717) is 5.75 Å². The van der Waals surface area contributed by atoms with Crippen molar-refractivity contribution < 1.29 is 17.9 Å². The van der Waals surface area contributed by atoms with Crippen molar-refractivity contribution >= 4 is 15.9 Å². The van der Waals surface area contributed by atoms with Crippen LogP contribution in [0, 0.1) is 20.8 Å². The monoisotopic (exact) mass is 348 g/mol. The van der Waals surface area contributed by atoms with Crippen molar-refractivity contribution in [3.05, 3.63) is 59.2 Å². The first-order valence-electron chi connectivity index (χ1n) is 7.35. The van der Waals surface area contributed by atoms with Crippen molar-refractivity contribution in [2.45, 2.75) is 25.7 Å². The van der Waals surface area contributed by atoms with Crippen LogP contribution in [-0.4, -0.2) is 20.9 Å². The molecule has 0 fully saturated rings. The number of carbonyl (C=O) groups excluding carboxylic acids is 1. The van der Waals surface area contributed by atoms with Gasteiger partial charge >= 0.3 is 0 Å². The zero-order valence-corrected chi connectivity index (χ0v) is 14.6. The van der Waals surface area contributed by atoms with E-state index in [1.165, 1.54) is 6.07 Å². The number of amides is 1. The van der Waals surface area contributed by atoms with Crippen molar-refractivity contribution in [3.63, 3.8) is 0 Å². The number of ether oxygens (including phenoxy) is 1. The molecule has 0 unspecified atom stereocenters. The summed E-state index contributed by atoms with van der Waals surface area (Å²) in [5.41, 5.74) is 5.06. The van der Waals surface area contributed by atoms with Crippen LogP contribution in [0.2, 0.25) is 0 Å². The normalized spacial score (nSPS) is 11.1. The van der Waals surface area contributed by atoms with E-state index in [0.717, 1.165) is 16.7 Å². The Kier molecular flexibility index (Phi) is 5.58. The number of hydrogen-bond acceptors (Lipinski definition) is 4. The van der Waals surface area contributed by atoms with E-state index in [1.807, 2.05) is 32.9 Å². The Morgan fingerprint density at radius 2 is 1.67 bits per heavy atom. The minimum absolute atomic E-state index is 0.0883. The van der Waals surface area contributed by atoms with Gasteiger partial charge in [0, 0.05) is 0 Å². The fourth-order valence-corrected chi connectivity index (χ4v) is 2.83. The first-order valence-corrected chi connectivity index (χ1v) is 8.83. The fourth-order valence-electron chi connectivity index (χ4n) is 1.88. The second kappa shape index (κ2) is 7.46. The topological polar surface area (TPSA) is 84.5 Å². The maximum atomic E-state index is 12.1. The first-order chi connectivity index (χ1) is 11.3. The number of hydrazine groups is 1. The highest BCUT2D eigenvalue weighted by molar-refractivity contribution is 7.89. The summed E-state index contributed by atoms with van der Waals surface area (Å²) in [4.78, 5) is 13.9. The molecule has 1 amide bonds. The summed E-state index contributed by atoms with van der Waals surface area (Å²) in [5, 5.41) is 0. The number of hydrogen-bond donors (Lipinski definition) is 2. The lowest BCUT2D eigenvalue weighted by Gasteiger charge is -2.10. The standard InChI is InChI=1S/C17H20N2O4S/c1-12-4-7-15(8-5-12)23-11-17(20)18-19-24(21,22)16-9-6-13(2)14(3)10-16/h4-10,19H,11H2,1-3H3,(H,18,20). The first kappa shape index (κ1) is 18.0. The van der Waals surface area contributed by atoms with Crippen LogP contribution < -0.4 is 15.0 Å². The highest BCUT2D eigenvalue weighted by atomic mass is 32.2. The molecule has 7 heteroatoms. The summed E-state index contributed by atoms with van der Waals surface area (Å²) in [6.45, 7) is 5.36. The average Bonchev–Trinajstić information content (AvgIpc) is 2.55. The molecule has 0 aliphatic rings. The van der Waals surface area contributed by atoms with Gasteiger partial charge in [-0.1, -0.05) is 23.8 Å². The Bertz CT molecular complexity index is 830. The molecule has 0 aliphatic carbocycles. The molecule has 0 saturated carbocycles. The number of rotatable bonds is 6. The molecule has 0 aliphatic heterocycles. The third-order valence-corrected chi connectivity index (χ3v) is 4.75. The number of carbonyl (C=O) groups is 1. The van der Waals surface area contributed by atoms with Crippen LogP contribution in [0.1, 0.15) is 16.7 Å². The van der Waals surface area contributed by atoms with Crippen LogP contribution in [0.25, 0.3) is 0 Å². The number of sulfonamides is 1. The molecule has 24 heavy (non-hydrogen) atoms. The van der Waals surface area contributed by atoms with Gasteiger partial charge in [-0.05, 0) is 56.2 Å². The highest BCUT2D eigenvalue weighted by Gasteiger charge is 2.15. The van der Waals surface area contributed by atoms with E-state index in [-0.39, 0.29) is 11.5 Å². The molecule has 128 valence electrons. The molecule has 2 aromatic rings. The van der Waals surface area contributed by atoms with Crippen LogP contribution in [0.4, 0.5) is 0 Å². The molecule has 2 N–H and O–H groups in total. The van der Waals surface area contributed by atoms with Gasteiger partial charge in [-0.15, -0.1) is 4.83 Å². The van der Waals surface area contributed by atoms with E-state index < -0.39 is 15.9 Å². The third-order valence-electron chi connectivity index (χ3n) is 3.50. The van der Waals surface area contributed by atoms with E-state index >= 15 is 0 Å². The van der Waals surface area contributed by atoms with Crippen LogP contribution in [0.5, 0.6) is 5.75 Å². The van der Waals surface area contributed by atoms with Crippen LogP contribution >= 0.6 is 0 Å². The van der Waals surface area contributed by atoms with Crippen molar-refractivity contribution in [1.82, 2.24) is 10.3 Å². The summed E-state index contributed by atoms with van der Waals surface area (Å²) >= 11 is 0. The van der Waals surface area contributed by atoms with Gasteiger partial charge in [0.2, 0.25) is 0 Å². The minimum Gasteiger partial charge on any atom is -0.484 e. The van der Waals surface area contributed by atoms with E-state index in [9.17, 15) is 13.2 Å².